The third-order valence-corrected chi connectivity index (χ3v) is 3.54. The van der Waals surface area contributed by atoms with Crippen molar-refractivity contribution in [2.75, 3.05) is 5.32 Å². The van der Waals surface area contributed by atoms with Crippen LogP contribution in [0.1, 0.15) is 26.4 Å². The molecule has 1 heterocycles. The van der Waals surface area contributed by atoms with E-state index in [1.807, 2.05) is 31.2 Å². The van der Waals surface area contributed by atoms with Gasteiger partial charge in [-0.15, -0.1) is 0 Å². The summed E-state index contributed by atoms with van der Waals surface area (Å²) in [7, 11) is 0. The Balaban J connectivity index is 1.77. The monoisotopic (exact) mass is 321 g/mol. The number of aromatic nitrogens is 2. The first-order chi connectivity index (χ1) is 11.5. The standard InChI is InChI=1S/C18H15N3O3/c1-11-5-7-12(8-6-11)15-10-16(21-20-15)17(22)19-14-4-2-3-13(9-14)18(23)24/h2-10H,1H3,(H,19,22)(H,20,21)(H,23,24). The number of aryl methyl sites for hydroxylation is 1. The van der Waals surface area contributed by atoms with Gasteiger partial charge in [-0.2, -0.15) is 5.10 Å². The maximum atomic E-state index is 12.3. The molecular formula is C18H15N3O3. The normalized spacial score (nSPS) is 10.4. The van der Waals surface area contributed by atoms with Gasteiger partial charge in [-0.25, -0.2) is 4.79 Å². The van der Waals surface area contributed by atoms with E-state index in [4.69, 9.17) is 5.11 Å². The molecule has 1 amide bonds. The van der Waals surface area contributed by atoms with Crippen LogP contribution in [0.3, 0.4) is 0 Å². The number of benzene rings is 2. The summed E-state index contributed by atoms with van der Waals surface area (Å²) in [5, 5.41) is 18.5. The number of rotatable bonds is 4. The minimum atomic E-state index is -1.05. The summed E-state index contributed by atoms with van der Waals surface area (Å²) in [4.78, 5) is 23.2. The smallest absolute Gasteiger partial charge is 0.335 e. The number of hydrogen-bond donors (Lipinski definition) is 3. The Bertz CT molecular complexity index is 898. The topological polar surface area (TPSA) is 95.1 Å². The third-order valence-electron chi connectivity index (χ3n) is 3.54. The number of carbonyl (C=O) groups excluding carboxylic acids is 1. The second-order valence-electron chi connectivity index (χ2n) is 5.37. The zero-order valence-corrected chi connectivity index (χ0v) is 12.9. The van der Waals surface area contributed by atoms with Gasteiger partial charge in [0.05, 0.1) is 11.3 Å². The van der Waals surface area contributed by atoms with Gasteiger partial charge in [0.2, 0.25) is 0 Å². The van der Waals surface area contributed by atoms with Crippen LogP contribution in [0.15, 0.2) is 54.6 Å². The predicted octanol–water partition coefficient (Wildman–Crippen LogP) is 3.34. The fraction of sp³-hybridized carbons (Fsp3) is 0.0556. The molecule has 0 unspecified atom stereocenters. The van der Waals surface area contributed by atoms with E-state index >= 15 is 0 Å². The average Bonchev–Trinajstić information content (AvgIpc) is 3.06. The number of carbonyl (C=O) groups is 2. The summed E-state index contributed by atoms with van der Waals surface area (Å²) in [6.45, 7) is 2.00. The van der Waals surface area contributed by atoms with Gasteiger partial charge in [-0.3, -0.25) is 9.89 Å². The predicted molar refractivity (Wildman–Crippen MR) is 90.1 cm³/mol. The quantitative estimate of drug-likeness (QED) is 0.687. The molecule has 0 atom stereocenters. The van der Waals surface area contributed by atoms with Crippen molar-refractivity contribution in [2.45, 2.75) is 6.92 Å². The zero-order valence-electron chi connectivity index (χ0n) is 12.9. The van der Waals surface area contributed by atoms with Crippen molar-refractivity contribution < 1.29 is 14.7 Å². The molecule has 0 saturated carbocycles. The van der Waals surface area contributed by atoms with Crippen molar-refractivity contribution in [3.8, 4) is 11.3 Å². The maximum Gasteiger partial charge on any atom is 0.335 e. The first-order valence-corrected chi connectivity index (χ1v) is 7.30. The molecule has 3 aromatic rings. The summed E-state index contributed by atoms with van der Waals surface area (Å²) in [6, 6.07) is 15.5. The highest BCUT2D eigenvalue weighted by atomic mass is 16.4. The summed E-state index contributed by atoms with van der Waals surface area (Å²) < 4.78 is 0. The molecule has 0 aliphatic rings. The molecule has 1 aromatic heterocycles. The second kappa shape index (κ2) is 6.37. The van der Waals surface area contributed by atoms with E-state index in [0.29, 0.717) is 17.1 Å². The van der Waals surface area contributed by atoms with Gasteiger partial charge in [-0.1, -0.05) is 35.9 Å². The number of amides is 1. The number of anilines is 1. The molecule has 6 heteroatoms. The van der Waals surface area contributed by atoms with Crippen LogP contribution in [0.2, 0.25) is 0 Å². The van der Waals surface area contributed by atoms with Crippen LogP contribution in [0, 0.1) is 6.92 Å². The number of aromatic carboxylic acids is 1. The Morgan fingerprint density at radius 2 is 1.83 bits per heavy atom. The molecule has 2 aromatic carbocycles. The van der Waals surface area contributed by atoms with E-state index in [-0.39, 0.29) is 11.5 Å². The largest absolute Gasteiger partial charge is 0.478 e. The van der Waals surface area contributed by atoms with E-state index in [9.17, 15) is 9.59 Å². The van der Waals surface area contributed by atoms with Crippen molar-refractivity contribution in [1.29, 1.82) is 0 Å². The van der Waals surface area contributed by atoms with Crippen LogP contribution in [-0.4, -0.2) is 27.2 Å². The Labute approximate surface area is 138 Å². The molecule has 0 radical (unpaired) electrons. The zero-order chi connectivity index (χ0) is 17.1. The fourth-order valence-electron chi connectivity index (χ4n) is 2.24. The summed E-state index contributed by atoms with van der Waals surface area (Å²) in [6.07, 6.45) is 0. The Hall–Kier alpha value is -3.41. The van der Waals surface area contributed by atoms with E-state index in [2.05, 4.69) is 15.5 Å². The van der Waals surface area contributed by atoms with E-state index in [1.54, 1.807) is 18.2 Å². The highest BCUT2D eigenvalue weighted by molar-refractivity contribution is 6.04. The minimum absolute atomic E-state index is 0.109. The lowest BCUT2D eigenvalue weighted by Crippen LogP contribution is -2.12. The molecule has 3 rings (SSSR count). The van der Waals surface area contributed by atoms with Crippen LogP contribution in [-0.2, 0) is 0 Å². The van der Waals surface area contributed by atoms with Crippen LogP contribution < -0.4 is 5.32 Å². The second-order valence-corrected chi connectivity index (χ2v) is 5.37. The van der Waals surface area contributed by atoms with Gasteiger partial charge in [0, 0.05) is 11.3 Å². The minimum Gasteiger partial charge on any atom is -0.478 e. The van der Waals surface area contributed by atoms with Crippen LogP contribution in [0.25, 0.3) is 11.3 Å². The number of carboxylic acid groups (broad SMARTS) is 1. The van der Waals surface area contributed by atoms with Gasteiger partial charge in [0.15, 0.2) is 0 Å². The molecule has 0 bridgehead atoms. The lowest BCUT2D eigenvalue weighted by Gasteiger charge is -2.04. The molecule has 0 aliphatic heterocycles. The van der Waals surface area contributed by atoms with Crippen molar-refractivity contribution in [3.63, 3.8) is 0 Å². The van der Waals surface area contributed by atoms with Gasteiger partial charge in [-0.05, 0) is 31.2 Å². The van der Waals surface area contributed by atoms with Crippen LogP contribution >= 0.6 is 0 Å². The Morgan fingerprint density at radius 1 is 1.08 bits per heavy atom. The number of nitrogens with one attached hydrogen (secondary N) is 2. The first-order valence-electron chi connectivity index (χ1n) is 7.30. The average molecular weight is 321 g/mol. The molecule has 0 saturated heterocycles. The maximum absolute atomic E-state index is 12.3. The molecule has 3 N–H and O–H groups in total. The Kier molecular flexibility index (Phi) is 4.11. The first kappa shape index (κ1) is 15.5. The summed E-state index contributed by atoms with van der Waals surface area (Å²) >= 11 is 0. The van der Waals surface area contributed by atoms with Crippen LogP contribution in [0.5, 0.6) is 0 Å². The van der Waals surface area contributed by atoms with Gasteiger partial charge >= 0.3 is 5.97 Å². The molecule has 120 valence electrons. The van der Waals surface area contributed by atoms with E-state index in [0.717, 1.165) is 11.1 Å². The lowest BCUT2D eigenvalue weighted by molar-refractivity contribution is 0.0696. The fourth-order valence-corrected chi connectivity index (χ4v) is 2.24. The number of aromatic amines is 1. The van der Waals surface area contributed by atoms with Crippen molar-refractivity contribution in [2.24, 2.45) is 0 Å². The molecular weight excluding hydrogens is 306 g/mol. The Morgan fingerprint density at radius 3 is 2.54 bits per heavy atom. The van der Waals surface area contributed by atoms with Gasteiger partial charge in [0.25, 0.3) is 5.91 Å². The molecule has 24 heavy (non-hydrogen) atoms. The molecule has 0 fully saturated rings. The lowest BCUT2D eigenvalue weighted by atomic mass is 10.1. The highest BCUT2D eigenvalue weighted by Crippen LogP contribution is 2.19. The number of nitrogens with zero attached hydrogens (tertiary/aromatic N) is 1. The van der Waals surface area contributed by atoms with Crippen molar-refractivity contribution in [3.05, 3.63) is 71.4 Å². The number of hydrogen-bond acceptors (Lipinski definition) is 3. The molecule has 0 aliphatic carbocycles. The number of carboxylic acids is 1. The van der Waals surface area contributed by atoms with Crippen molar-refractivity contribution in [1.82, 2.24) is 10.2 Å². The van der Waals surface area contributed by atoms with Crippen LogP contribution in [0.4, 0.5) is 5.69 Å². The van der Waals surface area contributed by atoms with Gasteiger partial charge in [0.1, 0.15) is 5.69 Å². The SMILES string of the molecule is Cc1ccc(-c2cc(C(=O)Nc3cccc(C(=O)O)c3)[nH]n2)cc1. The van der Waals surface area contributed by atoms with E-state index < -0.39 is 5.97 Å². The number of H-pyrrole nitrogens is 1. The van der Waals surface area contributed by atoms with E-state index in [1.165, 1.54) is 12.1 Å². The molecule has 0 spiro atoms. The van der Waals surface area contributed by atoms with Gasteiger partial charge < -0.3 is 10.4 Å². The summed E-state index contributed by atoms with van der Waals surface area (Å²) in [5.41, 5.74) is 3.53. The summed E-state index contributed by atoms with van der Waals surface area (Å²) in [5.74, 6) is -1.43. The van der Waals surface area contributed by atoms with Crippen molar-refractivity contribution >= 4 is 17.6 Å². The molecule has 6 nitrogen and oxygen atoms in total. The highest BCUT2D eigenvalue weighted by Gasteiger charge is 2.12. The third kappa shape index (κ3) is 3.33.